The third-order valence-electron chi connectivity index (χ3n) is 6.49. The second kappa shape index (κ2) is 9.63. The number of likely N-dealkylation sites (tertiary alicyclic amines) is 1. The number of aryl methyl sites for hydroxylation is 1. The van der Waals surface area contributed by atoms with E-state index in [-0.39, 0.29) is 29.9 Å². The number of anilines is 1. The molecule has 2 unspecified atom stereocenters. The van der Waals surface area contributed by atoms with Crippen molar-refractivity contribution in [3.05, 3.63) is 59.7 Å². The first-order valence-electron chi connectivity index (χ1n) is 11.6. The monoisotopic (exact) mass is 435 g/mol. The van der Waals surface area contributed by atoms with E-state index in [4.69, 9.17) is 4.74 Å². The van der Waals surface area contributed by atoms with Gasteiger partial charge >= 0.3 is 6.03 Å². The van der Waals surface area contributed by atoms with Crippen LogP contribution in [0.1, 0.15) is 43.7 Å². The molecule has 4 rings (SSSR count). The van der Waals surface area contributed by atoms with E-state index < -0.39 is 0 Å². The Morgan fingerprint density at radius 2 is 1.84 bits per heavy atom. The van der Waals surface area contributed by atoms with Crippen molar-refractivity contribution in [2.24, 2.45) is 5.92 Å². The van der Waals surface area contributed by atoms with Gasteiger partial charge in [-0.25, -0.2) is 4.79 Å². The van der Waals surface area contributed by atoms with Crippen molar-refractivity contribution in [1.29, 1.82) is 0 Å². The topological polar surface area (TPSA) is 61.9 Å². The molecule has 0 bridgehead atoms. The fraction of sp³-hybridized carbons (Fsp3) is 0.462. The average molecular weight is 436 g/mol. The van der Waals surface area contributed by atoms with Crippen molar-refractivity contribution in [1.82, 2.24) is 10.2 Å². The number of piperidine rings is 1. The summed E-state index contributed by atoms with van der Waals surface area (Å²) in [6, 6.07) is 16.2. The highest BCUT2D eigenvalue weighted by molar-refractivity contribution is 5.94. The van der Waals surface area contributed by atoms with Crippen LogP contribution in [-0.4, -0.2) is 49.1 Å². The molecule has 0 aromatic heterocycles. The molecule has 3 amide bonds. The van der Waals surface area contributed by atoms with E-state index in [0.717, 1.165) is 17.0 Å². The average Bonchev–Trinajstić information content (AvgIpc) is 2.82. The zero-order valence-electron chi connectivity index (χ0n) is 19.2. The van der Waals surface area contributed by atoms with E-state index in [1.54, 1.807) is 0 Å². The molecule has 1 fully saturated rings. The number of benzene rings is 2. The summed E-state index contributed by atoms with van der Waals surface area (Å²) >= 11 is 0. The zero-order valence-corrected chi connectivity index (χ0v) is 19.2. The van der Waals surface area contributed by atoms with Crippen LogP contribution in [0.4, 0.5) is 10.5 Å². The van der Waals surface area contributed by atoms with Gasteiger partial charge in [0.15, 0.2) is 0 Å². The summed E-state index contributed by atoms with van der Waals surface area (Å²) in [5, 5.41) is 3.11. The number of carbonyl (C=O) groups is 2. The quantitative estimate of drug-likeness (QED) is 0.777. The Bertz CT molecular complexity index is 954. The molecule has 2 aromatic rings. The number of rotatable bonds is 4. The maximum atomic E-state index is 13.3. The van der Waals surface area contributed by atoms with Crippen molar-refractivity contribution < 1.29 is 14.3 Å². The number of nitrogens with one attached hydrogen (secondary N) is 1. The van der Waals surface area contributed by atoms with Gasteiger partial charge in [-0.2, -0.15) is 0 Å². The molecule has 2 heterocycles. The summed E-state index contributed by atoms with van der Waals surface area (Å²) in [5.41, 5.74) is 3.16. The molecule has 2 aromatic carbocycles. The molecule has 6 nitrogen and oxygen atoms in total. The van der Waals surface area contributed by atoms with E-state index in [2.05, 4.69) is 24.4 Å². The Balaban J connectivity index is 1.31. The zero-order chi connectivity index (χ0) is 22.7. The van der Waals surface area contributed by atoms with Gasteiger partial charge in [0.05, 0.1) is 12.2 Å². The molecule has 2 aliphatic heterocycles. The Hall–Kier alpha value is -3.02. The largest absolute Gasteiger partial charge is 0.487 e. The van der Waals surface area contributed by atoms with Crippen LogP contribution in [0, 0.1) is 12.8 Å². The highest BCUT2D eigenvalue weighted by Gasteiger charge is 2.34. The maximum Gasteiger partial charge on any atom is 0.324 e. The van der Waals surface area contributed by atoms with E-state index in [0.29, 0.717) is 39.0 Å². The van der Waals surface area contributed by atoms with Gasteiger partial charge < -0.3 is 15.0 Å². The van der Waals surface area contributed by atoms with Crippen LogP contribution in [0.2, 0.25) is 0 Å². The lowest BCUT2D eigenvalue weighted by Gasteiger charge is -2.39. The summed E-state index contributed by atoms with van der Waals surface area (Å²) in [5.74, 6) is 1.08. The highest BCUT2D eigenvalue weighted by atomic mass is 16.5. The SMILES string of the molecule is Cc1ccc2c(c1)N(C(=O)N1CCC(C(=O)NCC(C)c3ccccc3)CC1)CC(C)O2. The molecule has 6 heteroatoms. The molecular weight excluding hydrogens is 402 g/mol. The van der Waals surface area contributed by atoms with Gasteiger partial charge in [0, 0.05) is 25.6 Å². The van der Waals surface area contributed by atoms with Crippen molar-refractivity contribution in [2.45, 2.75) is 45.6 Å². The summed E-state index contributed by atoms with van der Waals surface area (Å²) in [6.07, 6.45) is 1.33. The molecule has 170 valence electrons. The minimum Gasteiger partial charge on any atom is -0.487 e. The van der Waals surface area contributed by atoms with Crippen molar-refractivity contribution in [3.8, 4) is 5.75 Å². The van der Waals surface area contributed by atoms with Crippen LogP contribution in [-0.2, 0) is 4.79 Å². The van der Waals surface area contributed by atoms with Crippen LogP contribution < -0.4 is 15.0 Å². The van der Waals surface area contributed by atoms with E-state index in [9.17, 15) is 9.59 Å². The minimum atomic E-state index is -0.0518. The van der Waals surface area contributed by atoms with Gasteiger partial charge in [-0.05, 0) is 55.9 Å². The first-order valence-corrected chi connectivity index (χ1v) is 11.6. The lowest BCUT2D eigenvalue weighted by atomic mass is 9.95. The normalized spacial score (nSPS) is 19.7. The molecule has 32 heavy (non-hydrogen) atoms. The summed E-state index contributed by atoms with van der Waals surface area (Å²) < 4.78 is 5.92. The van der Waals surface area contributed by atoms with E-state index in [1.807, 2.05) is 60.0 Å². The van der Waals surface area contributed by atoms with Gasteiger partial charge in [-0.1, -0.05) is 43.3 Å². The Labute approximate surface area is 190 Å². The summed E-state index contributed by atoms with van der Waals surface area (Å²) in [7, 11) is 0. The molecule has 0 aliphatic carbocycles. The Kier molecular flexibility index (Phi) is 6.68. The number of urea groups is 1. The van der Waals surface area contributed by atoms with Crippen LogP contribution in [0.3, 0.4) is 0 Å². The molecule has 0 saturated carbocycles. The number of nitrogens with zero attached hydrogens (tertiary/aromatic N) is 2. The van der Waals surface area contributed by atoms with E-state index >= 15 is 0 Å². The lowest BCUT2D eigenvalue weighted by Crippen LogP contribution is -2.52. The second-order valence-electron chi connectivity index (χ2n) is 9.11. The van der Waals surface area contributed by atoms with Crippen LogP contribution in [0.25, 0.3) is 0 Å². The number of hydrogen-bond donors (Lipinski definition) is 1. The first kappa shape index (κ1) is 22.2. The van der Waals surface area contributed by atoms with Gasteiger partial charge in [-0.15, -0.1) is 0 Å². The Morgan fingerprint density at radius 3 is 2.56 bits per heavy atom. The maximum absolute atomic E-state index is 13.3. The third-order valence-corrected chi connectivity index (χ3v) is 6.49. The third kappa shape index (κ3) is 4.90. The number of ether oxygens (including phenoxy) is 1. The smallest absolute Gasteiger partial charge is 0.324 e. The molecule has 2 aliphatic rings. The molecule has 1 saturated heterocycles. The van der Waals surface area contributed by atoms with E-state index in [1.165, 1.54) is 5.56 Å². The number of fused-ring (bicyclic) bond motifs is 1. The minimum absolute atomic E-state index is 0.00329. The predicted octanol–water partition coefficient (Wildman–Crippen LogP) is 4.33. The van der Waals surface area contributed by atoms with Gasteiger partial charge in [0.1, 0.15) is 11.9 Å². The molecule has 2 atom stereocenters. The lowest BCUT2D eigenvalue weighted by molar-refractivity contribution is -0.126. The summed E-state index contributed by atoms with van der Waals surface area (Å²) in [6.45, 7) is 8.48. The van der Waals surface area contributed by atoms with Crippen LogP contribution >= 0.6 is 0 Å². The first-order chi connectivity index (χ1) is 15.4. The molecule has 0 radical (unpaired) electrons. The number of hydrogen-bond acceptors (Lipinski definition) is 3. The van der Waals surface area contributed by atoms with Crippen LogP contribution in [0.5, 0.6) is 5.75 Å². The van der Waals surface area contributed by atoms with Crippen molar-refractivity contribution >= 4 is 17.6 Å². The number of carbonyl (C=O) groups excluding carboxylic acids is 2. The van der Waals surface area contributed by atoms with Crippen molar-refractivity contribution in [3.63, 3.8) is 0 Å². The van der Waals surface area contributed by atoms with Gasteiger partial charge in [0.2, 0.25) is 5.91 Å². The highest BCUT2D eigenvalue weighted by Crippen LogP contribution is 2.35. The predicted molar refractivity (Wildman–Crippen MR) is 126 cm³/mol. The molecule has 0 spiro atoms. The standard InChI is InChI=1S/C26H33N3O3/c1-18-9-10-24-23(15-18)29(17-20(3)32-24)26(31)28-13-11-22(12-14-28)25(30)27-16-19(2)21-7-5-4-6-8-21/h4-10,15,19-20,22H,11-14,16-17H2,1-3H3,(H,27,30). The van der Waals surface area contributed by atoms with Crippen molar-refractivity contribution in [2.75, 3.05) is 31.1 Å². The van der Waals surface area contributed by atoms with Crippen LogP contribution in [0.15, 0.2) is 48.5 Å². The molecule has 1 N–H and O–H groups in total. The fourth-order valence-electron chi connectivity index (χ4n) is 4.53. The Morgan fingerprint density at radius 1 is 1.12 bits per heavy atom. The van der Waals surface area contributed by atoms with Gasteiger partial charge in [0.25, 0.3) is 0 Å². The van der Waals surface area contributed by atoms with Gasteiger partial charge in [-0.3, -0.25) is 9.69 Å². The fourth-order valence-corrected chi connectivity index (χ4v) is 4.53. The molecular formula is C26H33N3O3. The summed E-state index contributed by atoms with van der Waals surface area (Å²) in [4.78, 5) is 29.7. The second-order valence-corrected chi connectivity index (χ2v) is 9.11. The number of amides is 3.